The molecule has 2 aromatic rings. The van der Waals surface area contributed by atoms with Gasteiger partial charge in [0.05, 0.1) is 16.5 Å². The minimum Gasteiger partial charge on any atom is -0.496 e. The van der Waals surface area contributed by atoms with E-state index in [1.54, 1.807) is 25.2 Å². The highest BCUT2D eigenvalue weighted by atomic mass is 79.9. The van der Waals surface area contributed by atoms with Crippen molar-refractivity contribution in [1.82, 2.24) is 4.31 Å². The third-order valence-corrected chi connectivity index (χ3v) is 6.11. The number of methoxy groups -OCH3 is 1. The molecule has 0 amide bonds. The van der Waals surface area contributed by atoms with Gasteiger partial charge in [0.1, 0.15) is 5.75 Å². The first-order valence-electron chi connectivity index (χ1n) is 7.32. The second-order valence-electron chi connectivity index (χ2n) is 5.62. The Kier molecular flexibility index (Phi) is 5.90. The molecule has 0 saturated carbocycles. The van der Waals surface area contributed by atoms with Crippen molar-refractivity contribution in [2.24, 2.45) is 0 Å². The number of rotatable bonds is 6. The Hall–Kier alpha value is -1.57. The van der Waals surface area contributed by atoms with Gasteiger partial charge in [0.15, 0.2) is 0 Å². The lowest BCUT2D eigenvalue weighted by Crippen LogP contribution is -2.26. The van der Waals surface area contributed by atoms with E-state index in [1.807, 2.05) is 43.3 Å². The van der Waals surface area contributed by atoms with E-state index in [-0.39, 0.29) is 4.90 Å². The van der Waals surface area contributed by atoms with Crippen molar-refractivity contribution in [1.29, 1.82) is 0 Å². The summed E-state index contributed by atoms with van der Waals surface area (Å²) in [5, 5.41) is 0. The molecule has 2 aromatic carbocycles. The van der Waals surface area contributed by atoms with Gasteiger partial charge in [0, 0.05) is 33.4 Å². The quantitative estimate of drug-likeness (QED) is 0.729. The van der Waals surface area contributed by atoms with Gasteiger partial charge in [-0.25, -0.2) is 8.42 Å². The van der Waals surface area contributed by atoms with Gasteiger partial charge in [-0.3, -0.25) is 0 Å². The second kappa shape index (κ2) is 7.55. The molecule has 0 unspecified atom stereocenters. The van der Waals surface area contributed by atoms with E-state index < -0.39 is 10.0 Å². The van der Waals surface area contributed by atoms with Crippen LogP contribution >= 0.6 is 15.9 Å². The molecule has 0 aliphatic heterocycles. The van der Waals surface area contributed by atoms with Crippen LogP contribution in [0, 0.1) is 0 Å². The third-order valence-electron chi connectivity index (χ3n) is 3.69. The van der Waals surface area contributed by atoms with Crippen LogP contribution in [-0.4, -0.2) is 41.0 Å². The summed E-state index contributed by atoms with van der Waals surface area (Å²) in [7, 11) is 3.47. The molecule has 24 heavy (non-hydrogen) atoms. The summed E-state index contributed by atoms with van der Waals surface area (Å²) in [4.78, 5) is 2.22. The molecule has 2 rings (SSSR count). The lowest BCUT2D eigenvalue weighted by atomic mass is 10.2. The van der Waals surface area contributed by atoms with E-state index in [2.05, 4.69) is 15.9 Å². The SMILES string of the molecule is COc1ccc(S(=O)(=O)N(C)Cc2ccc(N(C)C)cc2)cc1Br. The van der Waals surface area contributed by atoms with Gasteiger partial charge in [-0.15, -0.1) is 0 Å². The molecule has 0 saturated heterocycles. The van der Waals surface area contributed by atoms with Gasteiger partial charge in [-0.05, 0) is 51.8 Å². The number of nitrogens with zero attached hydrogens (tertiary/aromatic N) is 2. The van der Waals surface area contributed by atoms with Crippen LogP contribution in [0.4, 0.5) is 5.69 Å². The monoisotopic (exact) mass is 412 g/mol. The summed E-state index contributed by atoms with van der Waals surface area (Å²) < 4.78 is 32.5. The Morgan fingerprint density at radius 3 is 2.17 bits per heavy atom. The molecule has 0 aliphatic carbocycles. The topological polar surface area (TPSA) is 49.9 Å². The molecule has 0 radical (unpaired) electrons. The molecule has 7 heteroatoms. The Bertz CT molecular complexity index is 805. The van der Waals surface area contributed by atoms with Crippen LogP contribution in [0.15, 0.2) is 51.8 Å². The molecule has 0 bridgehead atoms. The van der Waals surface area contributed by atoms with Crippen molar-refractivity contribution in [3.05, 3.63) is 52.5 Å². The first kappa shape index (κ1) is 18.8. The largest absolute Gasteiger partial charge is 0.496 e. The predicted molar refractivity (Wildman–Crippen MR) is 100 cm³/mol. The van der Waals surface area contributed by atoms with Crippen LogP contribution in [0.3, 0.4) is 0 Å². The number of hydrogen-bond acceptors (Lipinski definition) is 4. The average molecular weight is 413 g/mol. The van der Waals surface area contributed by atoms with Crippen molar-refractivity contribution in [2.75, 3.05) is 33.2 Å². The van der Waals surface area contributed by atoms with Gasteiger partial charge in [-0.2, -0.15) is 4.31 Å². The number of halogens is 1. The molecule has 0 aromatic heterocycles. The van der Waals surface area contributed by atoms with Crippen molar-refractivity contribution in [2.45, 2.75) is 11.4 Å². The summed E-state index contributed by atoms with van der Waals surface area (Å²) in [6.07, 6.45) is 0. The fourth-order valence-corrected chi connectivity index (χ4v) is 4.11. The van der Waals surface area contributed by atoms with Crippen LogP contribution < -0.4 is 9.64 Å². The van der Waals surface area contributed by atoms with Gasteiger partial charge >= 0.3 is 0 Å². The zero-order valence-corrected chi connectivity index (χ0v) is 16.6. The van der Waals surface area contributed by atoms with Crippen molar-refractivity contribution in [3.63, 3.8) is 0 Å². The fraction of sp³-hybridized carbons (Fsp3) is 0.294. The van der Waals surface area contributed by atoms with Gasteiger partial charge in [0.2, 0.25) is 10.0 Å². The molecule has 0 fully saturated rings. The molecule has 0 heterocycles. The number of sulfonamides is 1. The Morgan fingerprint density at radius 2 is 1.67 bits per heavy atom. The summed E-state index contributed by atoms with van der Waals surface area (Å²) in [5.74, 6) is 0.593. The highest BCUT2D eigenvalue weighted by molar-refractivity contribution is 9.10. The van der Waals surface area contributed by atoms with E-state index in [0.717, 1.165) is 11.3 Å². The van der Waals surface area contributed by atoms with Crippen LogP contribution in [0.2, 0.25) is 0 Å². The minimum absolute atomic E-state index is 0.225. The van der Waals surface area contributed by atoms with Crippen molar-refractivity contribution >= 4 is 31.6 Å². The Morgan fingerprint density at radius 1 is 1.04 bits per heavy atom. The van der Waals surface area contributed by atoms with Crippen molar-refractivity contribution < 1.29 is 13.2 Å². The maximum Gasteiger partial charge on any atom is 0.243 e. The summed E-state index contributed by atoms with van der Waals surface area (Å²) in [6, 6.07) is 12.6. The van der Waals surface area contributed by atoms with Crippen LogP contribution in [0.1, 0.15) is 5.56 Å². The minimum atomic E-state index is -3.57. The van der Waals surface area contributed by atoms with Crippen LogP contribution in [0.5, 0.6) is 5.75 Å². The van der Waals surface area contributed by atoms with E-state index in [9.17, 15) is 8.42 Å². The molecule has 0 spiro atoms. The highest BCUT2D eigenvalue weighted by Crippen LogP contribution is 2.29. The molecule has 0 N–H and O–H groups in total. The van der Waals surface area contributed by atoms with Gasteiger partial charge in [0.25, 0.3) is 0 Å². The van der Waals surface area contributed by atoms with Crippen LogP contribution in [-0.2, 0) is 16.6 Å². The maximum absolute atomic E-state index is 12.7. The van der Waals surface area contributed by atoms with E-state index in [0.29, 0.717) is 16.8 Å². The summed E-state index contributed by atoms with van der Waals surface area (Å²) in [6.45, 7) is 0.305. The molecular weight excluding hydrogens is 392 g/mol. The smallest absolute Gasteiger partial charge is 0.243 e. The zero-order valence-electron chi connectivity index (χ0n) is 14.2. The number of hydrogen-bond donors (Lipinski definition) is 0. The fourth-order valence-electron chi connectivity index (χ4n) is 2.23. The number of anilines is 1. The Labute approximate surface area is 152 Å². The maximum atomic E-state index is 12.7. The highest BCUT2D eigenvalue weighted by Gasteiger charge is 2.22. The summed E-state index contributed by atoms with van der Waals surface area (Å²) in [5.41, 5.74) is 2.00. The lowest BCUT2D eigenvalue weighted by Gasteiger charge is -2.19. The molecule has 0 aliphatic rings. The van der Waals surface area contributed by atoms with Crippen LogP contribution in [0.25, 0.3) is 0 Å². The van der Waals surface area contributed by atoms with E-state index in [1.165, 1.54) is 11.4 Å². The molecule has 130 valence electrons. The normalized spacial score (nSPS) is 11.6. The summed E-state index contributed by atoms with van der Waals surface area (Å²) >= 11 is 3.32. The average Bonchev–Trinajstić information content (AvgIpc) is 2.55. The Balaban J connectivity index is 2.21. The predicted octanol–water partition coefficient (Wildman–Crippen LogP) is 3.34. The zero-order chi connectivity index (χ0) is 17.9. The molecule has 5 nitrogen and oxygen atoms in total. The van der Waals surface area contributed by atoms with E-state index in [4.69, 9.17) is 4.74 Å². The number of ether oxygens (including phenoxy) is 1. The van der Waals surface area contributed by atoms with Gasteiger partial charge < -0.3 is 9.64 Å². The standard InChI is InChI=1S/C17H21BrN2O3S/c1-19(2)14-7-5-13(6-8-14)12-20(3)24(21,22)15-9-10-17(23-4)16(18)11-15/h5-11H,12H2,1-4H3. The molecular formula is C17H21BrN2O3S. The first-order chi connectivity index (χ1) is 11.3. The first-order valence-corrected chi connectivity index (χ1v) is 9.55. The number of benzene rings is 2. The van der Waals surface area contributed by atoms with Gasteiger partial charge in [-0.1, -0.05) is 12.1 Å². The second-order valence-corrected chi connectivity index (χ2v) is 8.52. The van der Waals surface area contributed by atoms with E-state index >= 15 is 0 Å². The lowest BCUT2D eigenvalue weighted by molar-refractivity contribution is 0.411. The van der Waals surface area contributed by atoms with Crippen molar-refractivity contribution in [3.8, 4) is 5.75 Å². The molecule has 0 atom stereocenters. The third kappa shape index (κ3) is 4.09.